The van der Waals surface area contributed by atoms with E-state index in [4.69, 9.17) is 27.3 Å². The maximum Gasteiger partial charge on any atom is 0.353 e. The summed E-state index contributed by atoms with van der Waals surface area (Å²) < 4.78 is 8.66. The molecule has 0 amide bonds. The van der Waals surface area contributed by atoms with Gasteiger partial charge < -0.3 is 15.7 Å². The highest BCUT2D eigenvalue weighted by Gasteiger charge is 2.13. The van der Waals surface area contributed by atoms with Gasteiger partial charge in [0, 0.05) is 30.6 Å². The molecule has 2 heterocycles. The Morgan fingerprint density at radius 2 is 1.66 bits per heavy atom. The number of benzene rings is 2. The maximum absolute atomic E-state index is 13.2. The van der Waals surface area contributed by atoms with E-state index in [0.717, 1.165) is 14.8 Å². The summed E-state index contributed by atoms with van der Waals surface area (Å²) in [7, 11) is 0. The van der Waals surface area contributed by atoms with Crippen LogP contribution < -0.4 is 27.6 Å². The van der Waals surface area contributed by atoms with Gasteiger partial charge in [0.15, 0.2) is 0 Å². The Morgan fingerprint density at radius 3 is 2.31 bits per heavy atom. The molecule has 35 heavy (non-hydrogen) atoms. The molecule has 0 bridgehead atoms. The molecule has 0 radical (unpaired) electrons. The second kappa shape index (κ2) is 10.8. The van der Waals surface area contributed by atoms with Gasteiger partial charge in [-0.05, 0) is 54.4 Å². The molecule has 0 saturated heterocycles. The molecular weight excluding hydrogens is 474 g/mol. The summed E-state index contributed by atoms with van der Waals surface area (Å²) in [5, 5.41) is 9.71. The van der Waals surface area contributed by atoms with Crippen LogP contribution in [-0.4, -0.2) is 35.5 Å². The molecule has 0 atom stereocenters. The summed E-state index contributed by atoms with van der Waals surface area (Å²) in [4.78, 5) is 38.5. The number of ether oxygens (including phenoxy) is 1. The van der Waals surface area contributed by atoms with Crippen molar-refractivity contribution in [2.75, 3.05) is 12.4 Å². The molecule has 4 aromatic rings. The Morgan fingerprint density at radius 1 is 0.971 bits per heavy atom. The van der Waals surface area contributed by atoms with E-state index in [2.05, 4.69) is 15.0 Å². The van der Waals surface area contributed by atoms with Gasteiger partial charge in [-0.1, -0.05) is 23.7 Å². The monoisotopic (exact) mass is 495 g/mol. The molecule has 2 aromatic heterocycles. The van der Waals surface area contributed by atoms with Crippen LogP contribution >= 0.6 is 11.6 Å². The van der Waals surface area contributed by atoms with E-state index in [9.17, 15) is 9.59 Å². The van der Waals surface area contributed by atoms with Gasteiger partial charge in [0.05, 0.1) is 12.2 Å². The molecule has 180 valence electrons. The number of rotatable bonds is 8. The van der Waals surface area contributed by atoms with Crippen molar-refractivity contribution in [1.29, 1.82) is 0 Å². The van der Waals surface area contributed by atoms with E-state index in [1.54, 1.807) is 67.0 Å². The van der Waals surface area contributed by atoms with E-state index in [1.807, 2.05) is 0 Å². The van der Waals surface area contributed by atoms with E-state index in [1.165, 1.54) is 4.57 Å². The average Bonchev–Trinajstić information content (AvgIpc) is 2.87. The zero-order chi connectivity index (χ0) is 24.8. The normalized spacial score (nSPS) is 11.5. The number of aliphatic hydroxyl groups excluding tert-OH is 1. The van der Waals surface area contributed by atoms with Crippen molar-refractivity contribution in [3.63, 3.8) is 0 Å². The van der Waals surface area contributed by atoms with Crippen LogP contribution in [0.25, 0.3) is 0 Å². The Balaban J connectivity index is 1.78. The lowest BCUT2D eigenvalue weighted by molar-refractivity contribution is 0.275. The first kappa shape index (κ1) is 23.9. The molecule has 12 heteroatoms. The Hall–Kier alpha value is -4.22. The lowest BCUT2D eigenvalue weighted by atomic mass is 10.2. The predicted molar refractivity (Wildman–Crippen MR) is 129 cm³/mol. The van der Waals surface area contributed by atoms with Crippen molar-refractivity contribution < 1.29 is 9.84 Å². The highest BCUT2D eigenvalue weighted by atomic mass is 35.5. The second-order valence-corrected chi connectivity index (χ2v) is 7.85. The molecule has 4 rings (SSSR count). The first-order chi connectivity index (χ1) is 17.0. The summed E-state index contributed by atoms with van der Waals surface area (Å²) in [5.41, 5.74) is -0.194. The topological polar surface area (TPSA) is 143 Å². The molecule has 3 N–H and O–H groups in total. The van der Waals surface area contributed by atoms with Gasteiger partial charge in [-0.2, -0.15) is 4.68 Å². The number of hydrogen-bond donors (Lipinski definition) is 2. The first-order valence-corrected chi connectivity index (χ1v) is 11.0. The van der Waals surface area contributed by atoms with Crippen molar-refractivity contribution in [1.82, 2.24) is 23.8 Å². The van der Waals surface area contributed by atoms with Crippen LogP contribution in [0.3, 0.4) is 0 Å². The highest BCUT2D eigenvalue weighted by molar-refractivity contribution is 6.30. The standard InChI is InChI=1S/C23H22ClN7O4/c24-17-5-3-16(4-6-17)15-30-21(31(25)23(34)29(22(30)33)13-2-14-32)28-18-7-9-19(10-8-18)35-20-26-11-1-12-27-20/h1,3-12,32H,2,13-15,25H2/b28-21-. The van der Waals surface area contributed by atoms with Gasteiger partial charge in [-0.25, -0.2) is 29.1 Å². The number of nitrogens with two attached hydrogens (primary N) is 1. The summed E-state index contributed by atoms with van der Waals surface area (Å²) in [6.45, 7) is -0.0694. The fourth-order valence-corrected chi connectivity index (χ4v) is 3.38. The molecule has 11 nitrogen and oxygen atoms in total. The molecule has 0 fully saturated rings. The lowest BCUT2D eigenvalue weighted by Gasteiger charge is -2.14. The fourth-order valence-electron chi connectivity index (χ4n) is 3.25. The molecule has 0 aliphatic carbocycles. The quantitative estimate of drug-likeness (QED) is 0.352. The SMILES string of the molecule is Nn1c(=O)n(CCCO)c(=O)n(Cc2ccc(Cl)cc2)/c1=N/c1ccc(Oc2ncccn2)cc1. The molecule has 0 aliphatic rings. The van der Waals surface area contributed by atoms with Crippen LogP contribution in [0.4, 0.5) is 5.69 Å². The van der Waals surface area contributed by atoms with Gasteiger partial charge in [-0.15, -0.1) is 0 Å². The van der Waals surface area contributed by atoms with Crippen LogP contribution in [-0.2, 0) is 13.1 Å². The number of hydrogen-bond acceptors (Lipinski definition) is 8. The minimum absolute atomic E-state index is 0.0137. The van der Waals surface area contributed by atoms with Crippen LogP contribution in [0, 0.1) is 0 Å². The summed E-state index contributed by atoms with van der Waals surface area (Å²) >= 11 is 5.98. The number of nitrogen functional groups attached to an aromatic ring is 1. The van der Waals surface area contributed by atoms with Gasteiger partial charge in [0.2, 0.25) is 5.62 Å². The van der Waals surface area contributed by atoms with E-state index < -0.39 is 11.4 Å². The predicted octanol–water partition coefficient (Wildman–Crippen LogP) is 1.42. The zero-order valence-electron chi connectivity index (χ0n) is 18.5. The Labute approximate surface area is 204 Å². The number of aromatic nitrogens is 5. The number of nitrogens with zero attached hydrogens (tertiary/aromatic N) is 6. The smallest absolute Gasteiger partial charge is 0.353 e. The summed E-state index contributed by atoms with van der Waals surface area (Å²) in [6, 6.07) is 15.4. The third-order valence-electron chi connectivity index (χ3n) is 4.97. The number of halogens is 1. The molecule has 0 saturated carbocycles. The Bertz CT molecular complexity index is 1480. The maximum atomic E-state index is 13.2. The van der Waals surface area contributed by atoms with Crippen LogP contribution in [0.1, 0.15) is 12.0 Å². The summed E-state index contributed by atoms with van der Waals surface area (Å²) in [5.74, 6) is 6.57. The van der Waals surface area contributed by atoms with Gasteiger partial charge >= 0.3 is 17.4 Å². The highest BCUT2D eigenvalue weighted by Crippen LogP contribution is 2.21. The molecule has 0 aliphatic heterocycles. The van der Waals surface area contributed by atoms with Crippen molar-refractivity contribution in [2.24, 2.45) is 4.99 Å². The Kier molecular flexibility index (Phi) is 7.38. The molecule has 0 spiro atoms. The molecular formula is C23H22ClN7O4. The largest absolute Gasteiger partial charge is 0.424 e. The average molecular weight is 496 g/mol. The van der Waals surface area contributed by atoms with Gasteiger partial charge in [0.25, 0.3) is 0 Å². The van der Waals surface area contributed by atoms with E-state index in [0.29, 0.717) is 16.5 Å². The van der Waals surface area contributed by atoms with Gasteiger partial charge in [0.1, 0.15) is 5.75 Å². The van der Waals surface area contributed by atoms with Crippen molar-refractivity contribution >= 4 is 17.3 Å². The lowest BCUT2D eigenvalue weighted by Crippen LogP contribution is -2.57. The third-order valence-corrected chi connectivity index (χ3v) is 5.22. The fraction of sp³-hybridized carbons (Fsp3) is 0.174. The number of aliphatic hydroxyl groups is 1. The van der Waals surface area contributed by atoms with Gasteiger partial charge in [-0.3, -0.25) is 4.57 Å². The van der Waals surface area contributed by atoms with E-state index in [-0.39, 0.29) is 37.7 Å². The van der Waals surface area contributed by atoms with Crippen molar-refractivity contribution in [2.45, 2.75) is 19.5 Å². The zero-order valence-corrected chi connectivity index (χ0v) is 19.2. The van der Waals surface area contributed by atoms with Crippen LogP contribution in [0.5, 0.6) is 11.8 Å². The first-order valence-electron chi connectivity index (χ1n) is 10.6. The van der Waals surface area contributed by atoms with Crippen molar-refractivity contribution in [3.05, 3.63) is 104 Å². The third kappa shape index (κ3) is 5.65. The molecule has 2 aromatic carbocycles. The minimum atomic E-state index is -0.740. The summed E-state index contributed by atoms with van der Waals surface area (Å²) in [6.07, 6.45) is 3.35. The van der Waals surface area contributed by atoms with Crippen molar-refractivity contribution in [3.8, 4) is 11.8 Å². The second-order valence-electron chi connectivity index (χ2n) is 7.42. The minimum Gasteiger partial charge on any atom is -0.424 e. The van der Waals surface area contributed by atoms with E-state index >= 15 is 0 Å². The van der Waals surface area contributed by atoms with Crippen LogP contribution in [0.2, 0.25) is 5.02 Å². The molecule has 0 unspecified atom stereocenters. The van der Waals surface area contributed by atoms with Crippen LogP contribution in [0.15, 0.2) is 81.6 Å².